The lowest BCUT2D eigenvalue weighted by Gasteiger charge is -2.08. The zero-order valence-corrected chi connectivity index (χ0v) is 63.7. The smallest absolute Gasteiger partial charge is 0.311 e. The molecule has 5 aromatic heterocycles. The van der Waals surface area contributed by atoms with E-state index in [9.17, 15) is 60.2 Å². The quantitative estimate of drug-likeness (QED) is 0.00710. The van der Waals surface area contributed by atoms with Crippen molar-refractivity contribution in [2.45, 2.75) is 34.1 Å². The van der Waals surface area contributed by atoms with Gasteiger partial charge in [0.15, 0.2) is 17.2 Å². The Labute approximate surface area is 654 Å². The van der Waals surface area contributed by atoms with Gasteiger partial charge in [-0.05, 0) is 118 Å². The standard InChI is InChI=1S/C13H17N3O.C12H13N3O4.C12H15N3O2.C12H14N2O4.C10H7ClN2O3.C10H8N2O4.C7H8N2O2/c1-3-6-15-13-5-4-9-7-10(14)12(17-2)8-11(9)16-13;1-19-11-7-9-8(6-10(11)15(17)18)2-3-12(14-9)13-4-5-16;1-17-11-7-10-8(6-9(11)13)2-3-12(15-10)14-4-5-16;1-3-18-7-6-12(15)13-10-4-5-11(14(16)17)9(2)8-10;1-16-9-5-7-6(2-3-10(11)12-7)4-8(9)13(14)15;1-16-9-5-7-6(2-3-10(13)11-7)4-8(9)12(14)15;1-5-4-6(8)2-3-7(5)9(10)11/h4-5,7-8H,3,6,14H2,1-2H3,(H,15,16);2-3,6-7,16H,4-5H2,1H3,(H,13,14);2-3,6-7,16H,4-5,13H2,1H3,(H,14,15);4-8H,3H2,1-2H3,(H,13,15);2-5H,1H3;2-5H,1H3,(H,11,13);2-4H,8H2,1H3/b;;;7-6+;;;. The van der Waals surface area contributed by atoms with Crippen molar-refractivity contribution < 1.29 is 68.0 Å². The summed E-state index contributed by atoms with van der Waals surface area (Å²) in [6.07, 6.45) is 3.62. The molecule has 0 bridgehead atoms. The van der Waals surface area contributed by atoms with E-state index in [2.05, 4.69) is 53.1 Å². The number of nitro groups is 5. The minimum Gasteiger partial charge on any atom is -0.501 e. The van der Waals surface area contributed by atoms with E-state index in [1.165, 1.54) is 106 Å². The number of pyridine rings is 5. The molecule has 37 nitrogen and oxygen atoms in total. The number of nitrogens with two attached hydrogens (primary N) is 3. The lowest BCUT2D eigenvalue weighted by Crippen LogP contribution is -2.08. The number of ether oxygens (including phenoxy) is 6. The Kier molecular flexibility index (Phi) is 33.7. The molecule has 38 heteroatoms. The Morgan fingerprint density at radius 1 is 0.474 bits per heavy atom. The van der Waals surface area contributed by atoms with Gasteiger partial charge in [-0.3, -0.25) is 60.2 Å². The van der Waals surface area contributed by atoms with Crippen LogP contribution in [0.15, 0.2) is 175 Å². The third-order valence-corrected chi connectivity index (χ3v) is 15.8. The van der Waals surface area contributed by atoms with E-state index in [0.717, 1.165) is 46.4 Å². The van der Waals surface area contributed by atoms with Crippen LogP contribution in [-0.2, 0) is 9.53 Å². The van der Waals surface area contributed by atoms with Crippen molar-refractivity contribution in [3.63, 3.8) is 0 Å². The molecule has 13 N–H and O–H groups in total. The normalized spacial score (nSPS) is 10.3. The number of nitrogens with zero attached hydrogens (tertiary/aromatic N) is 9. The fraction of sp³-hybridized carbons (Fsp3) is 0.211. The number of hydrogen-bond donors (Lipinski definition) is 10. The molecule has 0 spiro atoms. The van der Waals surface area contributed by atoms with E-state index in [0.29, 0.717) is 109 Å². The zero-order valence-electron chi connectivity index (χ0n) is 63.0. The lowest BCUT2D eigenvalue weighted by molar-refractivity contribution is -0.385. The second-order valence-electron chi connectivity index (χ2n) is 23.5. The van der Waals surface area contributed by atoms with Gasteiger partial charge >= 0.3 is 17.1 Å². The Hall–Kier alpha value is -14.6. The van der Waals surface area contributed by atoms with E-state index >= 15 is 0 Å². The predicted octanol–water partition coefficient (Wildman–Crippen LogP) is 13.6. The van der Waals surface area contributed by atoms with Crippen molar-refractivity contribution in [1.29, 1.82) is 0 Å². The summed E-state index contributed by atoms with van der Waals surface area (Å²) in [5.74, 6) is 3.59. The van der Waals surface area contributed by atoms with Crippen molar-refractivity contribution in [1.82, 2.24) is 24.9 Å². The Bertz CT molecular complexity index is 5410. The number of methoxy groups -OCH3 is 5. The van der Waals surface area contributed by atoms with Crippen LogP contribution in [0.5, 0.6) is 28.7 Å². The highest BCUT2D eigenvalue weighted by atomic mass is 35.5. The van der Waals surface area contributed by atoms with Crippen molar-refractivity contribution in [3.05, 3.63) is 247 Å². The van der Waals surface area contributed by atoms with Gasteiger partial charge in [-0.25, -0.2) is 19.9 Å². The largest absolute Gasteiger partial charge is 0.501 e. The zero-order chi connectivity index (χ0) is 83.7. The van der Waals surface area contributed by atoms with Crippen LogP contribution in [0.25, 0.3) is 54.5 Å². The van der Waals surface area contributed by atoms with Gasteiger partial charge < -0.3 is 82.1 Å². The van der Waals surface area contributed by atoms with Crippen molar-refractivity contribution >= 4 is 141 Å². The maximum atomic E-state index is 11.4. The van der Waals surface area contributed by atoms with Gasteiger partial charge in [-0.2, -0.15) is 0 Å². The molecular weight excluding hydrogens is 1510 g/mol. The van der Waals surface area contributed by atoms with Crippen LogP contribution >= 0.6 is 11.6 Å². The Balaban J connectivity index is 0.000000208. The maximum Gasteiger partial charge on any atom is 0.311 e. The molecule has 5 heterocycles. The van der Waals surface area contributed by atoms with Crippen molar-refractivity contribution in [2.75, 3.05) is 113 Å². The maximum absolute atomic E-state index is 11.4. The average Bonchev–Trinajstić information content (AvgIpc) is 0.803. The summed E-state index contributed by atoms with van der Waals surface area (Å²) in [6.45, 7) is 9.56. The molecule has 0 aliphatic rings. The number of hydrogen-bond acceptors (Lipinski definition) is 30. The molecule has 0 aliphatic heterocycles. The van der Waals surface area contributed by atoms with Crippen LogP contribution < -0.4 is 67.7 Å². The summed E-state index contributed by atoms with van der Waals surface area (Å²) in [5.41, 5.74) is 23.4. The molecule has 0 atom stereocenters. The summed E-state index contributed by atoms with van der Waals surface area (Å²) >= 11 is 5.73. The Morgan fingerprint density at radius 2 is 0.860 bits per heavy atom. The van der Waals surface area contributed by atoms with Crippen LogP contribution in [0, 0.1) is 64.4 Å². The number of aliphatic hydroxyl groups excluding tert-OH is 2. The number of carbonyl (C=O) groups excluding carboxylic acids is 1. The number of rotatable bonds is 23. The summed E-state index contributed by atoms with van der Waals surface area (Å²) < 4.78 is 30.0. The van der Waals surface area contributed by atoms with Gasteiger partial charge in [0.2, 0.25) is 5.56 Å². The second-order valence-corrected chi connectivity index (χ2v) is 23.9. The number of benzene rings is 7. The first-order valence-electron chi connectivity index (χ1n) is 34.1. The first-order valence-corrected chi connectivity index (χ1v) is 34.4. The fourth-order valence-electron chi connectivity index (χ4n) is 10.2. The molecule has 0 radical (unpaired) electrons. The number of nitrogens with one attached hydrogen (secondary N) is 5. The molecule has 12 rings (SSSR count). The fourth-order valence-corrected chi connectivity index (χ4v) is 10.3. The lowest BCUT2D eigenvalue weighted by atomic mass is 10.2. The third kappa shape index (κ3) is 25.8. The molecule has 0 unspecified atom stereocenters. The SMILES string of the molecule is CCCNc1ccc2cc(N)c(OC)cc2n1.CCO/C=C/C(=O)Nc1ccc([N+](=O)[O-])c(C)c1.COc1cc2[nH]c(=O)ccc2cc1[N+](=O)[O-].COc1cc2nc(Cl)ccc2cc1[N+](=O)[O-].COc1cc2nc(NCCO)ccc2cc1N.COc1cc2nc(NCCO)ccc2cc1[N+](=O)[O-].Cc1cc(N)ccc1[N+](=O)[O-]. The number of aryl methyl sites for hydroxylation is 2. The molecule has 12 aromatic rings. The number of carbonyl (C=O) groups is 1. The number of aliphatic hydroxyl groups is 2. The van der Waals surface area contributed by atoms with Gasteiger partial charge in [0.05, 0.1) is 125 Å². The molecular formula is C76H82ClN17O20. The van der Waals surface area contributed by atoms with Gasteiger partial charge in [-0.1, -0.05) is 18.5 Å². The first-order chi connectivity index (χ1) is 54.5. The number of fused-ring (bicyclic) bond motifs is 5. The van der Waals surface area contributed by atoms with Crippen molar-refractivity contribution in [3.8, 4) is 28.7 Å². The number of H-pyrrole nitrogens is 1. The molecule has 114 heavy (non-hydrogen) atoms. The Morgan fingerprint density at radius 3 is 1.27 bits per heavy atom. The number of nitrogen functional groups attached to an aromatic ring is 3. The van der Waals surface area contributed by atoms with E-state index in [1.54, 1.807) is 70.5 Å². The molecule has 0 aliphatic carbocycles. The first kappa shape index (κ1) is 88.3. The summed E-state index contributed by atoms with van der Waals surface area (Å²) in [6, 6.07) is 42.2. The van der Waals surface area contributed by atoms with E-state index in [4.69, 9.17) is 67.4 Å². The van der Waals surface area contributed by atoms with Crippen LogP contribution in [0.3, 0.4) is 0 Å². The van der Waals surface area contributed by atoms with Crippen LogP contribution in [0.4, 0.5) is 68.6 Å². The summed E-state index contributed by atoms with van der Waals surface area (Å²) in [4.78, 5) is 93.3. The number of nitro benzene ring substituents is 5. The highest BCUT2D eigenvalue weighted by Gasteiger charge is 2.20. The van der Waals surface area contributed by atoms with Crippen molar-refractivity contribution in [2.24, 2.45) is 0 Å². The monoisotopic (exact) mass is 1590 g/mol. The van der Waals surface area contributed by atoms with Gasteiger partial charge in [-0.15, -0.1) is 0 Å². The van der Waals surface area contributed by atoms with Gasteiger partial charge in [0, 0.05) is 142 Å². The van der Waals surface area contributed by atoms with E-state index < -0.39 is 24.6 Å². The summed E-state index contributed by atoms with van der Waals surface area (Å²) in [5, 5.41) is 86.8. The minimum absolute atomic E-state index is 0.00327. The minimum atomic E-state index is -0.524. The molecule has 0 fully saturated rings. The van der Waals surface area contributed by atoms with Crippen LogP contribution in [-0.4, -0.2) is 141 Å². The number of halogens is 1. The predicted molar refractivity (Wildman–Crippen MR) is 438 cm³/mol. The highest BCUT2D eigenvalue weighted by Crippen LogP contribution is 2.35. The number of aromatic nitrogens is 5. The molecule has 598 valence electrons. The average molecular weight is 1590 g/mol. The second kappa shape index (κ2) is 43.6. The third-order valence-electron chi connectivity index (χ3n) is 15.6. The number of amides is 1. The van der Waals surface area contributed by atoms with Gasteiger partial charge in [0.25, 0.3) is 17.3 Å². The molecule has 0 saturated heterocycles. The van der Waals surface area contributed by atoms with Crippen LogP contribution in [0.1, 0.15) is 31.4 Å². The molecule has 0 saturated carbocycles. The molecule has 7 aromatic carbocycles. The van der Waals surface area contributed by atoms with Crippen LogP contribution in [0.2, 0.25) is 5.15 Å². The van der Waals surface area contributed by atoms with E-state index in [1.807, 2.05) is 49.4 Å². The number of anilines is 7. The van der Waals surface area contributed by atoms with Gasteiger partial charge in [0.1, 0.15) is 34.1 Å². The number of aromatic amines is 1. The highest BCUT2D eigenvalue weighted by molar-refractivity contribution is 6.29. The molecule has 1 amide bonds. The van der Waals surface area contributed by atoms with E-state index in [-0.39, 0.29) is 70.4 Å². The summed E-state index contributed by atoms with van der Waals surface area (Å²) in [7, 11) is 7.28. The topological polar surface area (TPSA) is 539 Å².